The van der Waals surface area contributed by atoms with Gasteiger partial charge in [0.15, 0.2) is 5.16 Å². The van der Waals surface area contributed by atoms with Crippen molar-refractivity contribution >= 4 is 39.3 Å². The number of nitrogens with zero attached hydrogens (tertiary/aromatic N) is 1. The molecule has 1 aromatic heterocycles. The standard InChI is InChI=1S/C29H30N4O6S2/c1-5-25(28(35)30-21-10-16-24(17-11-21)41(36,37)33-18(2)34)40-29-31-26(19-6-12-22(38-3)13-7-19)27(32-29)20-8-14-23(39-4)15-9-20/h6-17,25H,5H2,1-4H3,(H,30,35)(H,31,32)(H,33,34). The molecule has 0 saturated heterocycles. The van der Waals surface area contributed by atoms with Gasteiger partial charge in [-0.2, -0.15) is 0 Å². The van der Waals surface area contributed by atoms with E-state index in [1.54, 1.807) is 14.2 Å². The van der Waals surface area contributed by atoms with Gasteiger partial charge in [-0.25, -0.2) is 18.1 Å². The molecule has 0 aliphatic heterocycles. The molecule has 1 heterocycles. The summed E-state index contributed by atoms with van der Waals surface area (Å²) in [5, 5.41) is 2.91. The van der Waals surface area contributed by atoms with Crippen LogP contribution in [0.3, 0.4) is 0 Å². The van der Waals surface area contributed by atoms with Crippen LogP contribution in [0, 0.1) is 0 Å². The molecule has 0 saturated carbocycles. The Hall–Kier alpha value is -4.29. The lowest BCUT2D eigenvalue weighted by molar-refractivity contribution is -0.117. The van der Waals surface area contributed by atoms with E-state index in [0.29, 0.717) is 17.3 Å². The number of benzene rings is 3. The number of hydrogen-bond donors (Lipinski definition) is 3. The van der Waals surface area contributed by atoms with Crippen LogP contribution in [0.1, 0.15) is 20.3 Å². The van der Waals surface area contributed by atoms with Crippen molar-refractivity contribution < 1.29 is 27.5 Å². The van der Waals surface area contributed by atoms with Crippen molar-refractivity contribution in [2.75, 3.05) is 19.5 Å². The number of H-pyrrole nitrogens is 1. The summed E-state index contributed by atoms with van der Waals surface area (Å²) in [6.07, 6.45) is 0.516. The molecule has 0 radical (unpaired) electrons. The van der Waals surface area contributed by atoms with E-state index in [0.717, 1.165) is 40.9 Å². The van der Waals surface area contributed by atoms with E-state index in [1.165, 1.54) is 36.0 Å². The van der Waals surface area contributed by atoms with Crippen LogP contribution in [-0.4, -0.2) is 49.7 Å². The zero-order valence-electron chi connectivity index (χ0n) is 22.9. The van der Waals surface area contributed by atoms with Crippen LogP contribution in [0.5, 0.6) is 11.5 Å². The number of aromatic nitrogens is 2. The van der Waals surface area contributed by atoms with Gasteiger partial charge < -0.3 is 19.8 Å². The molecule has 1 atom stereocenters. The number of nitrogens with one attached hydrogen (secondary N) is 3. The number of aromatic amines is 1. The zero-order valence-corrected chi connectivity index (χ0v) is 24.6. The molecular formula is C29H30N4O6S2. The minimum Gasteiger partial charge on any atom is -0.497 e. The summed E-state index contributed by atoms with van der Waals surface area (Å²) in [5.41, 5.74) is 3.74. The highest BCUT2D eigenvalue weighted by molar-refractivity contribution is 8.00. The molecule has 3 aromatic carbocycles. The van der Waals surface area contributed by atoms with E-state index in [9.17, 15) is 18.0 Å². The molecule has 41 heavy (non-hydrogen) atoms. The molecule has 12 heteroatoms. The van der Waals surface area contributed by atoms with Gasteiger partial charge in [0.25, 0.3) is 10.0 Å². The number of thioether (sulfide) groups is 1. The molecule has 0 bridgehead atoms. The first kappa shape index (κ1) is 29.7. The van der Waals surface area contributed by atoms with Crippen molar-refractivity contribution in [2.24, 2.45) is 0 Å². The van der Waals surface area contributed by atoms with Gasteiger partial charge in [0, 0.05) is 23.7 Å². The van der Waals surface area contributed by atoms with Crippen molar-refractivity contribution in [3.8, 4) is 34.0 Å². The predicted molar refractivity (Wildman–Crippen MR) is 159 cm³/mol. The Kier molecular flexibility index (Phi) is 9.35. The van der Waals surface area contributed by atoms with Crippen LogP contribution in [0.4, 0.5) is 5.69 Å². The van der Waals surface area contributed by atoms with Gasteiger partial charge >= 0.3 is 0 Å². The number of sulfonamides is 1. The van der Waals surface area contributed by atoms with Crippen LogP contribution in [0.25, 0.3) is 22.5 Å². The number of anilines is 1. The van der Waals surface area contributed by atoms with E-state index < -0.39 is 21.2 Å². The van der Waals surface area contributed by atoms with Gasteiger partial charge in [0.05, 0.1) is 35.8 Å². The molecular weight excluding hydrogens is 564 g/mol. The average molecular weight is 595 g/mol. The number of imidazole rings is 1. The van der Waals surface area contributed by atoms with Crippen molar-refractivity contribution in [2.45, 2.75) is 35.6 Å². The lowest BCUT2D eigenvalue weighted by Gasteiger charge is -2.14. The van der Waals surface area contributed by atoms with Crippen LogP contribution in [0.15, 0.2) is 82.8 Å². The number of hydrogen-bond acceptors (Lipinski definition) is 8. The fourth-order valence-electron chi connectivity index (χ4n) is 3.98. The highest BCUT2D eigenvalue weighted by Gasteiger charge is 2.23. The van der Waals surface area contributed by atoms with Gasteiger partial charge in [-0.1, -0.05) is 18.7 Å². The van der Waals surface area contributed by atoms with Crippen LogP contribution < -0.4 is 19.5 Å². The number of carbonyl (C=O) groups is 2. The molecule has 10 nitrogen and oxygen atoms in total. The van der Waals surface area contributed by atoms with Gasteiger partial charge in [-0.15, -0.1) is 0 Å². The molecule has 0 aliphatic rings. The first-order chi connectivity index (χ1) is 19.6. The van der Waals surface area contributed by atoms with Gasteiger partial charge in [0.1, 0.15) is 11.5 Å². The number of amides is 2. The third-order valence-corrected chi connectivity index (χ3v) is 8.75. The summed E-state index contributed by atoms with van der Waals surface area (Å²) in [6.45, 7) is 3.02. The fourth-order valence-corrected chi connectivity index (χ4v) is 5.87. The van der Waals surface area contributed by atoms with E-state index in [4.69, 9.17) is 14.5 Å². The fraction of sp³-hybridized carbons (Fsp3) is 0.207. The van der Waals surface area contributed by atoms with Crippen LogP contribution in [0.2, 0.25) is 0 Å². The van der Waals surface area contributed by atoms with Crippen molar-refractivity contribution in [3.05, 3.63) is 72.8 Å². The predicted octanol–water partition coefficient (Wildman–Crippen LogP) is 5.10. The molecule has 1 unspecified atom stereocenters. The van der Waals surface area contributed by atoms with Crippen molar-refractivity contribution in [1.29, 1.82) is 0 Å². The number of carbonyl (C=O) groups excluding carboxylic acids is 2. The minimum atomic E-state index is -3.96. The second-order valence-electron chi connectivity index (χ2n) is 8.91. The zero-order chi connectivity index (χ0) is 29.6. The van der Waals surface area contributed by atoms with E-state index in [-0.39, 0.29) is 10.8 Å². The molecule has 0 spiro atoms. The summed E-state index contributed by atoms with van der Waals surface area (Å²) >= 11 is 1.30. The second-order valence-corrected chi connectivity index (χ2v) is 11.8. The summed E-state index contributed by atoms with van der Waals surface area (Å²) in [7, 11) is -0.743. The smallest absolute Gasteiger partial charge is 0.264 e. The van der Waals surface area contributed by atoms with Crippen molar-refractivity contribution in [3.63, 3.8) is 0 Å². The second kappa shape index (κ2) is 12.9. The molecule has 3 N–H and O–H groups in total. The number of ether oxygens (including phenoxy) is 2. The van der Waals surface area contributed by atoms with Gasteiger partial charge in [-0.3, -0.25) is 9.59 Å². The SMILES string of the molecule is CCC(Sc1nc(-c2ccc(OC)cc2)c(-c2ccc(OC)cc2)[nH]1)C(=O)Nc1ccc(S(=O)(=O)NC(C)=O)cc1. The Morgan fingerprint density at radius 3 is 1.98 bits per heavy atom. The third-order valence-electron chi connectivity index (χ3n) is 6.05. The Morgan fingerprint density at radius 1 is 0.902 bits per heavy atom. The maximum absolute atomic E-state index is 13.2. The highest BCUT2D eigenvalue weighted by Crippen LogP contribution is 2.36. The monoisotopic (exact) mass is 594 g/mol. The van der Waals surface area contributed by atoms with Crippen LogP contribution >= 0.6 is 11.8 Å². The van der Waals surface area contributed by atoms with Crippen LogP contribution in [-0.2, 0) is 19.6 Å². The van der Waals surface area contributed by atoms with Gasteiger partial charge in [0.2, 0.25) is 11.8 Å². The molecule has 0 fully saturated rings. The third kappa shape index (κ3) is 7.27. The van der Waals surface area contributed by atoms with E-state index in [1.807, 2.05) is 60.2 Å². The summed E-state index contributed by atoms with van der Waals surface area (Å²) in [5.74, 6) is 0.516. The van der Waals surface area contributed by atoms with E-state index in [2.05, 4.69) is 10.3 Å². The number of rotatable bonds is 11. The Balaban J connectivity index is 1.56. The van der Waals surface area contributed by atoms with Crippen molar-refractivity contribution in [1.82, 2.24) is 14.7 Å². The summed E-state index contributed by atoms with van der Waals surface area (Å²) in [4.78, 5) is 32.5. The quantitative estimate of drug-likeness (QED) is 0.204. The lowest BCUT2D eigenvalue weighted by Crippen LogP contribution is -2.28. The van der Waals surface area contributed by atoms with Gasteiger partial charge in [-0.05, 0) is 79.2 Å². The Labute approximate surface area is 242 Å². The maximum Gasteiger partial charge on any atom is 0.264 e. The summed E-state index contributed by atoms with van der Waals surface area (Å²) in [6, 6.07) is 20.8. The number of methoxy groups -OCH3 is 2. The lowest BCUT2D eigenvalue weighted by atomic mass is 10.0. The first-order valence-corrected chi connectivity index (χ1v) is 15.0. The average Bonchev–Trinajstić information content (AvgIpc) is 3.39. The topological polar surface area (TPSA) is 139 Å². The Bertz CT molecular complexity index is 1550. The summed E-state index contributed by atoms with van der Waals surface area (Å²) < 4.78 is 36.9. The molecule has 2 amide bonds. The largest absolute Gasteiger partial charge is 0.497 e. The highest BCUT2D eigenvalue weighted by atomic mass is 32.2. The molecule has 0 aliphatic carbocycles. The molecule has 4 aromatic rings. The molecule has 4 rings (SSSR count). The first-order valence-electron chi connectivity index (χ1n) is 12.6. The van der Waals surface area contributed by atoms with E-state index >= 15 is 0 Å². The molecule has 214 valence electrons. The Morgan fingerprint density at radius 2 is 1.46 bits per heavy atom. The minimum absolute atomic E-state index is 0.0835. The maximum atomic E-state index is 13.2. The normalized spacial score (nSPS) is 11.9.